The molecule has 3 rings (SSSR count). The molecule has 5 amide bonds. The van der Waals surface area contributed by atoms with Gasteiger partial charge in [-0.05, 0) is 71.6 Å². The SMILES string of the molecule is CC(C)N1C(=O)c2ccc(C(=O)N3CCC(CNC(=O)CCNC(=O)OC(C)(C)C)CC3)cc2C1=O. The second kappa shape index (κ2) is 11.1. The van der Waals surface area contributed by atoms with Crippen LogP contribution in [0.2, 0.25) is 0 Å². The maximum Gasteiger partial charge on any atom is 0.407 e. The lowest BCUT2D eigenvalue weighted by Gasteiger charge is -2.32. The van der Waals surface area contributed by atoms with Gasteiger partial charge in [0.1, 0.15) is 5.60 Å². The standard InChI is InChI=1S/C26H36N4O6/c1-16(2)30-23(33)19-7-6-18(14-20(19)24(30)34)22(32)29-12-9-17(10-13-29)15-28-21(31)8-11-27-25(35)36-26(3,4)5/h6-7,14,16-17H,8-13,15H2,1-5H3,(H,27,35)(H,28,31). The number of alkyl carbamates (subject to hydrolysis) is 1. The molecule has 1 fully saturated rings. The number of fused-ring (bicyclic) bond motifs is 1. The first-order chi connectivity index (χ1) is 16.9. The van der Waals surface area contributed by atoms with Crippen LogP contribution in [0.5, 0.6) is 0 Å². The molecule has 10 nitrogen and oxygen atoms in total. The molecule has 0 aliphatic carbocycles. The number of nitrogens with zero attached hydrogens (tertiary/aromatic N) is 2. The molecule has 1 aromatic carbocycles. The van der Waals surface area contributed by atoms with Gasteiger partial charge in [-0.25, -0.2) is 4.79 Å². The van der Waals surface area contributed by atoms with E-state index in [0.717, 1.165) is 12.8 Å². The van der Waals surface area contributed by atoms with Gasteiger partial charge in [-0.2, -0.15) is 0 Å². The summed E-state index contributed by atoms with van der Waals surface area (Å²) >= 11 is 0. The predicted molar refractivity (Wildman–Crippen MR) is 133 cm³/mol. The van der Waals surface area contributed by atoms with Gasteiger partial charge in [-0.15, -0.1) is 0 Å². The van der Waals surface area contributed by atoms with Crippen molar-refractivity contribution in [3.63, 3.8) is 0 Å². The van der Waals surface area contributed by atoms with Gasteiger partial charge in [0.15, 0.2) is 0 Å². The molecule has 196 valence electrons. The van der Waals surface area contributed by atoms with Gasteiger partial charge in [0.25, 0.3) is 17.7 Å². The van der Waals surface area contributed by atoms with E-state index in [9.17, 15) is 24.0 Å². The average Bonchev–Trinajstić information content (AvgIpc) is 3.06. The van der Waals surface area contributed by atoms with E-state index in [1.807, 2.05) is 0 Å². The van der Waals surface area contributed by atoms with Crippen LogP contribution in [-0.2, 0) is 9.53 Å². The summed E-state index contributed by atoms with van der Waals surface area (Å²) in [5, 5.41) is 5.45. The molecule has 0 radical (unpaired) electrons. The van der Waals surface area contributed by atoms with E-state index in [1.165, 1.54) is 11.0 Å². The predicted octanol–water partition coefficient (Wildman–Crippen LogP) is 2.57. The summed E-state index contributed by atoms with van der Waals surface area (Å²) in [4.78, 5) is 64.8. The van der Waals surface area contributed by atoms with Crippen LogP contribution in [-0.4, -0.2) is 77.3 Å². The van der Waals surface area contributed by atoms with Crippen LogP contribution in [0.15, 0.2) is 18.2 Å². The van der Waals surface area contributed by atoms with Gasteiger partial charge in [-0.3, -0.25) is 24.1 Å². The van der Waals surface area contributed by atoms with Gasteiger partial charge in [-0.1, -0.05) is 0 Å². The molecule has 0 atom stereocenters. The minimum atomic E-state index is -0.589. The highest BCUT2D eigenvalue weighted by Crippen LogP contribution is 2.27. The van der Waals surface area contributed by atoms with Crippen LogP contribution < -0.4 is 10.6 Å². The first-order valence-corrected chi connectivity index (χ1v) is 12.4. The lowest BCUT2D eigenvalue weighted by atomic mass is 9.96. The van der Waals surface area contributed by atoms with E-state index in [0.29, 0.717) is 30.8 Å². The third-order valence-corrected chi connectivity index (χ3v) is 6.19. The third-order valence-electron chi connectivity index (χ3n) is 6.19. The molecule has 36 heavy (non-hydrogen) atoms. The Morgan fingerprint density at radius 1 is 1.03 bits per heavy atom. The first kappa shape index (κ1) is 27.2. The Bertz CT molecular complexity index is 1040. The van der Waals surface area contributed by atoms with Crippen molar-refractivity contribution < 1.29 is 28.7 Å². The summed E-state index contributed by atoms with van der Waals surface area (Å²) in [6, 6.07) is 4.44. The fraction of sp³-hybridized carbons (Fsp3) is 0.577. The van der Waals surface area contributed by atoms with E-state index in [4.69, 9.17) is 4.74 Å². The van der Waals surface area contributed by atoms with Gasteiger partial charge in [0.05, 0.1) is 11.1 Å². The number of imide groups is 1. The topological polar surface area (TPSA) is 125 Å². The smallest absolute Gasteiger partial charge is 0.407 e. The Balaban J connectivity index is 1.43. The molecule has 1 saturated heterocycles. The molecule has 0 bridgehead atoms. The number of benzene rings is 1. The molecule has 0 spiro atoms. The van der Waals surface area contributed by atoms with E-state index < -0.39 is 11.7 Å². The highest BCUT2D eigenvalue weighted by molar-refractivity contribution is 6.22. The zero-order chi connectivity index (χ0) is 26.6. The molecule has 2 heterocycles. The summed E-state index contributed by atoms with van der Waals surface area (Å²) in [6.07, 6.45) is 1.09. The largest absolute Gasteiger partial charge is 0.444 e. The number of amides is 5. The summed E-state index contributed by atoms with van der Waals surface area (Å²) in [7, 11) is 0. The molecule has 2 aliphatic rings. The lowest BCUT2D eigenvalue weighted by molar-refractivity contribution is -0.121. The highest BCUT2D eigenvalue weighted by atomic mass is 16.6. The molecule has 1 aromatic rings. The number of hydrogen-bond donors (Lipinski definition) is 2. The number of rotatable bonds is 7. The highest BCUT2D eigenvalue weighted by Gasteiger charge is 2.38. The van der Waals surface area contributed by atoms with E-state index in [1.54, 1.807) is 51.7 Å². The first-order valence-electron chi connectivity index (χ1n) is 12.4. The van der Waals surface area contributed by atoms with Crippen molar-refractivity contribution in [1.29, 1.82) is 0 Å². The normalized spacial score (nSPS) is 16.3. The number of carbonyl (C=O) groups excluding carboxylic acids is 5. The summed E-state index contributed by atoms with van der Waals surface area (Å²) in [6.45, 7) is 10.7. The fourth-order valence-corrected chi connectivity index (χ4v) is 4.32. The van der Waals surface area contributed by atoms with Crippen molar-refractivity contribution in [2.24, 2.45) is 5.92 Å². The quantitative estimate of drug-likeness (QED) is 0.555. The van der Waals surface area contributed by atoms with Crippen LogP contribution in [0.4, 0.5) is 4.79 Å². The van der Waals surface area contributed by atoms with Crippen molar-refractivity contribution in [3.8, 4) is 0 Å². The Labute approximate surface area is 211 Å². The maximum atomic E-state index is 13.0. The van der Waals surface area contributed by atoms with Crippen LogP contribution in [0.1, 0.15) is 85.0 Å². The molecular weight excluding hydrogens is 464 g/mol. The third kappa shape index (κ3) is 6.61. The second-order valence-corrected chi connectivity index (χ2v) is 10.6. The van der Waals surface area contributed by atoms with Crippen LogP contribution in [0, 0.1) is 5.92 Å². The molecular formula is C26H36N4O6. The van der Waals surface area contributed by atoms with Crippen molar-refractivity contribution in [3.05, 3.63) is 34.9 Å². The van der Waals surface area contributed by atoms with Gasteiger partial charge >= 0.3 is 6.09 Å². The zero-order valence-corrected chi connectivity index (χ0v) is 21.7. The lowest BCUT2D eigenvalue weighted by Crippen LogP contribution is -2.42. The number of carbonyl (C=O) groups is 5. The van der Waals surface area contributed by atoms with E-state index in [2.05, 4.69) is 10.6 Å². The molecule has 0 unspecified atom stereocenters. The monoisotopic (exact) mass is 500 g/mol. The maximum absolute atomic E-state index is 13.0. The Morgan fingerprint density at radius 2 is 1.67 bits per heavy atom. The van der Waals surface area contributed by atoms with Crippen molar-refractivity contribution in [2.45, 2.75) is 65.5 Å². The fourth-order valence-electron chi connectivity index (χ4n) is 4.32. The molecule has 10 heteroatoms. The Morgan fingerprint density at radius 3 is 2.28 bits per heavy atom. The molecule has 0 aromatic heterocycles. The van der Waals surface area contributed by atoms with Crippen LogP contribution in [0.25, 0.3) is 0 Å². The van der Waals surface area contributed by atoms with E-state index >= 15 is 0 Å². The van der Waals surface area contributed by atoms with Crippen LogP contribution in [0.3, 0.4) is 0 Å². The number of ether oxygens (including phenoxy) is 1. The number of hydrogen-bond acceptors (Lipinski definition) is 6. The minimum Gasteiger partial charge on any atom is -0.444 e. The second-order valence-electron chi connectivity index (χ2n) is 10.6. The van der Waals surface area contributed by atoms with Gasteiger partial charge < -0.3 is 20.3 Å². The number of likely N-dealkylation sites (tertiary alicyclic amines) is 1. The number of piperidine rings is 1. The number of nitrogens with one attached hydrogen (secondary N) is 2. The van der Waals surface area contributed by atoms with Gasteiger partial charge in [0.2, 0.25) is 5.91 Å². The Hall–Kier alpha value is -3.43. The summed E-state index contributed by atoms with van der Waals surface area (Å²) in [5.74, 6) is -0.771. The van der Waals surface area contributed by atoms with Crippen molar-refractivity contribution in [1.82, 2.24) is 20.4 Å². The Kier molecular flexibility index (Phi) is 8.37. The summed E-state index contributed by atoms with van der Waals surface area (Å²) < 4.78 is 5.13. The minimum absolute atomic E-state index is 0.155. The summed E-state index contributed by atoms with van der Waals surface area (Å²) in [5.41, 5.74) is 0.415. The zero-order valence-electron chi connectivity index (χ0n) is 21.7. The molecule has 0 saturated carbocycles. The van der Waals surface area contributed by atoms with Gasteiger partial charge in [0, 0.05) is 44.2 Å². The van der Waals surface area contributed by atoms with E-state index in [-0.39, 0.29) is 54.1 Å². The average molecular weight is 501 g/mol. The van der Waals surface area contributed by atoms with Crippen molar-refractivity contribution in [2.75, 3.05) is 26.2 Å². The molecule has 2 aliphatic heterocycles. The van der Waals surface area contributed by atoms with Crippen molar-refractivity contribution >= 4 is 29.7 Å². The molecule has 2 N–H and O–H groups in total. The van der Waals surface area contributed by atoms with Crippen LogP contribution >= 0.6 is 0 Å².